The molecule has 2 N–H and O–H groups in total. The van der Waals surface area contributed by atoms with Gasteiger partial charge in [0.2, 0.25) is 0 Å². The monoisotopic (exact) mass is 265 g/mol. The van der Waals surface area contributed by atoms with Crippen molar-refractivity contribution in [2.45, 2.75) is 52.2 Å². The molecule has 1 aromatic carbocycles. The number of aliphatic hydroxyl groups is 1. The number of hydrogen-bond donors (Lipinski definition) is 2. The van der Waals surface area contributed by atoms with E-state index >= 15 is 0 Å². The van der Waals surface area contributed by atoms with E-state index in [1.165, 1.54) is 5.56 Å². The van der Waals surface area contributed by atoms with Gasteiger partial charge < -0.3 is 15.2 Å². The molecule has 0 heterocycles. The van der Waals surface area contributed by atoms with Crippen LogP contribution in [0.2, 0.25) is 0 Å². The highest BCUT2D eigenvalue weighted by Gasteiger charge is 2.14. The summed E-state index contributed by atoms with van der Waals surface area (Å²) in [5.41, 5.74) is 0.493. The number of para-hydroxylation sites is 1. The Morgan fingerprint density at radius 1 is 1.32 bits per heavy atom. The average molecular weight is 265 g/mol. The normalized spacial score (nSPS) is 13.3. The fourth-order valence-corrected chi connectivity index (χ4v) is 1.85. The highest BCUT2D eigenvalue weighted by Crippen LogP contribution is 2.25. The summed E-state index contributed by atoms with van der Waals surface area (Å²) in [4.78, 5) is 0. The Morgan fingerprint density at radius 2 is 2.00 bits per heavy atom. The fraction of sp³-hybridized carbons (Fsp3) is 0.625. The second-order valence-corrected chi connectivity index (χ2v) is 5.62. The van der Waals surface area contributed by atoms with Crippen molar-refractivity contribution in [1.82, 2.24) is 5.32 Å². The smallest absolute Gasteiger partial charge is 0.124 e. The zero-order chi connectivity index (χ0) is 14.3. The molecule has 0 aliphatic heterocycles. The molecule has 0 bridgehead atoms. The van der Waals surface area contributed by atoms with Gasteiger partial charge in [0.25, 0.3) is 0 Å². The lowest BCUT2D eigenvalue weighted by atomic mass is 10.1. The maximum absolute atomic E-state index is 9.70. The standard InChI is InChI=1S/C16H27NO2/c1-5-11-17-13(2)14-8-6-7-9-15(14)19-12-10-16(3,4)18/h6-9,13,17-18H,5,10-12H2,1-4H3. The molecule has 1 aromatic rings. The molecule has 0 saturated heterocycles. The van der Waals surface area contributed by atoms with Crippen LogP contribution in [0.25, 0.3) is 0 Å². The molecule has 0 aromatic heterocycles. The van der Waals surface area contributed by atoms with Crippen LogP contribution in [-0.2, 0) is 0 Å². The largest absolute Gasteiger partial charge is 0.493 e. The fourth-order valence-electron chi connectivity index (χ4n) is 1.85. The molecule has 0 amide bonds. The summed E-state index contributed by atoms with van der Waals surface area (Å²) >= 11 is 0. The van der Waals surface area contributed by atoms with Crippen molar-refractivity contribution in [2.24, 2.45) is 0 Å². The lowest BCUT2D eigenvalue weighted by Gasteiger charge is -2.20. The zero-order valence-corrected chi connectivity index (χ0v) is 12.6. The van der Waals surface area contributed by atoms with Gasteiger partial charge in [-0.25, -0.2) is 0 Å². The Hall–Kier alpha value is -1.06. The number of rotatable bonds is 8. The minimum atomic E-state index is -0.680. The van der Waals surface area contributed by atoms with Gasteiger partial charge >= 0.3 is 0 Å². The first-order valence-electron chi connectivity index (χ1n) is 7.11. The predicted octanol–water partition coefficient (Wildman–Crippen LogP) is 3.29. The van der Waals surface area contributed by atoms with Crippen molar-refractivity contribution >= 4 is 0 Å². The summed E-state index contributed by atoms with van der Waals surface area (Å²) in [6.45, 7) is 9.43. The summed E-state index contributed by atoms with van der Waals surface area (Å²) in [6, 6.07) is 8.37. The maximum atomic E-state index is 9.70. The Kier molecular flexibility index (Phi) is 6.32. The second-order valence-electron chi connectivity index (χ2n) is 5.62. The summed E-state index contributed by atoms with van der Waals surface area (Å²) in [5, 5.41) is 13.2. The summed E-state index contributed by atoms with van der Waals surface area (Å²) < 4.78 is 5.81. The van der Waals surface area contributed by atoms with Crippen molar-refractivity contribution in [3.05, 3.63) is 29.8 Å². The molecule has 19 heavy (non-hydrogen) atoms. The van der Waals surface area contributed by atoms with Gasteiger partial charge in [-0.1, -0.05) is 25.1 Å². The molecule has 0 radical (unpaired) electrons. The minimum absolute atomic E-state index is 0.276. The van der Waals surface area contributed by atoms with Crippen LogP contribution >= 0.6 is 0 Å². The Morgan fingerprint density at radius 3 is 2.63 bits per heavy atom. The van der Waals surface area contributed by atoms with Crippen molar-refractivity contribution in [3.8, 4) is 5.75 Å². The van der Waals surface area contributed by atoms with E-state index in [4.69, 9.17) is 4.74 Å². The van der Waals surface area contributed by atoms with Crippen LogP contribution in [0, 0.1) is 0 Å². The third-order valence-electron chi connectivity index (χ3n) is 3.06. The number of ether oxygens (including phenoxy) is 1. The van der Waals surface area contributed by atoms with Gasteiger partial charge in [0.1, 0.15) is 5.75 Å². The van der Waals surface area contributed by atoms with Crippen LogP contribution < -0.4 is 10.1 Å². The molecule has 3 heteroatoms. The van der Waals surface area contributed by atoms with Gasteiger partial charge in [0.15, 0.2) is 0 Å². The summed E-state index contributed by atoms with van der Waals surface area (Å²) in [6.07, 6.45) is 1.74. The van der Waals surface area contributed by atoms with Crippen LogP contribution in [0.5, 0.6) is 5.75 Å². The van der Waals surface area contributed by atoms with Gasteiger partial charge in [-0.3, -0.25) is 0 Å². The van der Waals surface area contributed by atoms with E-state index in [-0.39, 0.29) is 6.04 Å². The quantitative estimate of drug-likeness (QED) is 0.758. The molecule has 1 rings (SSSR count). The van der Waals surface area contributed by atoms with Crippen LogP contribution in [0.3, 0.4) is 0 Å². The molecule has 3 nitrogen and oxygen atoms in total. The number of benzene rings is 1. The highest BCUT2D eigenvalue weighted by molar-refractivity contribution is 5.35. The predicted molar refractivity (Wildman–Crippen MR) is 79.6 cm³/mol. The first kappa shape index (κ1) is 16.0. The molecule has 0 saturated carbocycles. The van der Waals surface area contributed by atoms with Crippen molar-refractivity contribution in [2.75, 3.05) is 13.2 Å². The third-order valence-corrected chi connectivity index (χ3v) is 3.06. The molecule has 0 spiro atoms. The lowest BCUT2D eigenvalue weighted by Crippen LogP contribution is -2.23. The summed E-state index contributed by atoms with van der Waals surface area (Å²) in [5.74, 6) is 0.905. The molecule has 0 aliphatic carbocycles. The number of nitrogens with one attached hydrogen (secondary N) is 1. The van der Waals surface area contributed by atoms with E-state index in [2.05, 4.69) is 25.2 Å². The van der Waals surface area contributed by atoms with Crippen LogP contribution in [0.1, 0.15) is 52.1 Å². The average Bonchev–Trinajstić information content (AvgIpc) is 2.35. The van der Waals surface area contributed by atoms with Gasteiger partial charge in [0, 0.05) is 18.0 Å². The Bertz CT molecular complexity index is 371. The van der Waals surface area contributed by atoms with E-state index in [0.29, 0.717) is 13.0 Å². The summed E-state index contributed by atoms with van der Waals surface area (Å²) in [7, 11) is 0. The first-order valence-corrected chi connectivity index (χ1v) is 7.11. The number of hydrogen-bond acceptors (Lipinski definition) is 3. The van der Waals surface area contributed by atoms with Crippen molar-refractivity contribution in [1.29, 1.82) is 0 Å². The third kappa shape index (κ3) is 6.08. The van der Waals surface area contributed by atoms with Gasteiger partial charge in [-0.2, -0.15) is 0 Å². The molecule has 1 atom stereocenters. The van der Waals surface area contributed by atoms with E-state index in [1.807, 2.05) is 18.2 Å². The second kappa shape index (κ2) is 7.51. The first-order chi connectivity index (χ1) is 8.94. The topological polar surface area (TPSA) is 41.5 Å². The zero-order valence-electron chi connectivity index (χ0n) is 12.6. The molecule has 0 fully saturated rings. The van der Waals surface area contributed by atoms with Crippen LogP contribution in [0.15, 0.2) is 24.3 Å². The van der Waals surface area contributed by atoms with Crippen LogP contribution in [-0.4, -0.2) is 23.9 Å². The van der Waals surface area contributed by atoms with E-state index in [0.717, 1.165) is 18.7 Å². The molecule has 1 unspecified atom stereocenters. The van der Waals surface area contributed by atoms with Gasteiger partial charge in [0.05, 0.1) is 12.2 Å². The highest BCUT2D eigenvalue weighted by atomic mass is 16.5. The van der Waals surface area contributed by atoms with E-state index in [9.17, 15) is 5.11 Å². The Labute approximate surface area is 117 Å². The van der Waals surface area contributed by atoms with Crippen molar-refractivity contribution < 1.29 is 9.84 Å². The lowest BCUT2D eigenvalue weighted by molar-refractivity contribution is 0.0551. The molecular weight excluding hydrogens is 238 g/mol. The van der Waals surface area contributed by atoms with E-state index < -0.39 is 5.60 Å². The maximum Gasteiger partial charge on any atom is 0.124 e. The van der Waals surface area contributed by atoms with E-state index in [1.54, 1.807) is 13.8 Å². The SMILES string of the molecule is CCCNC(C)c1ccccc1OCCC(C)(C)O. The van der Waals surface area contributed by atoms with Crippen molar-refractivity contribution in [3.63, 3.8) is 0 Å². The van der Waals surface area contributed by atoms with Gasteiger partial charge in [-0.15, -0.1) is 0 Å². The Balaban J connectivity index is 2.62. The minimum Gasteiger partial charge on any atom is -0.493 e. The van der Waals surface area contributed by atoms with Crippen LogP contribution in [0.4, 0.5) is 0 Å². The molecule has 108 valence electrons. The molecular formula is C16H27NO2. The van der Waals surface area contributed by atoms with Gasteiger partial charge in [-0.05, 0) is 39.8 Å². The molecule has 0 aliphatic rings.